The summed E-state index contributed by atoms with van der Waals surface area (Å²) in [6.45, 7) is 0.329. The molecule has 1 heterocycles. The third-order valence-corrected chi connectivity index (χ3v) is 3.66. The van der Waals surface area contributed by atoms with Gasteiger partial charge in [0.05, 0.1) is 42.2 Å². The third kappa shape index (κ3) is 3.48. The summed E-state index contributed by atoms with van der Waals surface area (Å²) in [5.74, 6) is 0.813. The van der Waals surface area contributed by atoms with E-state index >= 15 is 0 Å². The Morgan fingerprint density at radius 2 is 2.24 bits per heavy atom. The fraction of sp³-hybridized carbons (Fsp3) is 0.429. The van der Waals surface area contributed by atoms with Crippen molar-refractivity contribution >= 4 is 40.2 Å². The van der Waals surface area contributed by atoms with Crippen molar-refractivity contribution in [3.8, 4) is 0 Å². The Balaban J connectivity index is 2.46. The fourth-order valence-corrected chi connectivity index (χ4v) is 2.61. The largest absolute Gasteiger partial charge is 0.465 e. The number of imidazole rings is 1. The van der Waals surface area contributed by atoms with Crippen LogP contribution in [0, 0.1) is 0 Å². The second-order valence-electron chi connectivity index (χ2n) is 4.60. The number of carbonyl (C=O) groups is 1. The predicted molar refractivity (Wildman–Crippen MR) is 82.0 cm³/mol. The minimum Gasteiger partial charge on any atom is -0.465 e. The number of aliphatic hydroxyl groups excluding tert-OH is 1. The quantitative estimate of drug-likeness (QED) is 0.653. The number of hydrogen-bond donors (Lipinski definition) is 1. The van der Waals surface area contributed by atoms with Crippen LogP contribution in [0.2, 0.25) is 0 Å². The van der Waals surface area contributed by atoms with E-state index in [4.69, 9.17) is 27.9 Å². The van der Waals surface area contributed by atoms with Gasteiger partial charge in [0, 0.05) is 5.88 Å². The Morgan fingerprint density at radius 3 is 2.86 bits per heavy atom. The molecule has 0 aliphatic carbocycles. The Labute approximate surface area is 132 Å². The molecule has 0 saturated carbocycles. The molecule has 0 saturated heterocycles. The highest BCUT2D eigenvalue weighted by Crippen LogP contribution is 2.21. The molecule has 5 nitrogen and oxygen atoms in total. The molecule has 2 aromatic rings. The van der Waals surface area contributed by atoms with Crippen LogP contribution in [-0.4, -0.2) is 39.7 Å². The summed E-state index contributed by atoms with van der Waals surface area (Å²) in [4.78, 5) is 16.0. The van der Waals surface area contributed by atoms with Crippen molar-refractivity contribution in [2.75, 3.05) is 13.0 Å². The van der Waals surface area contributed by atoms with Gasteiger partial charge in [-0.25, -0.2) is 9.78 Å². The van der Waals surface area contributed by atoms with Crippen molar-refractivity contribution in [1.82, 2.24) is 9.55 Å². The standard InChI is InChI=1S/C14H16Cl2N2O3/c1-21-14(20)9-2-3-11-12(6-9)18(13(7-16)17-11)8-10(19)4-5-15/h2-3,6,10,19H,4-5,7-8H2,1H3/t10-/m0/s1. The maximum Gasteiger partial charge on any atom is 0.337 e. The number of esters is 1. The molecule has 1 atom stereocenters. The zero-order valence-corrected chi connectivity index (χ0v) is 13.1. The van der Waals surface area contributed by atoms with E-state index in [1.165, 1.54) is 7.11 Å². The molecule has 0 unspecified atom stereocenters. The molecule has 0 bridgehead atoms. The van der Waals surface area contributed by atoms with Crippen molar-refractivity contribution in [3.05, 3.63) is 29.6 Å². The number of halogens is 2. The highest BCUT2D eigenvalue weighted by molar-refractivity contribution is 6.17. The lowest BCUT2D eigenvalue weighted by molar-refractivity contribution is 0.0601. The van der Waals surface area contributed by atoms with Crippen LogP contribution in [0.3, 0.4) is 0 Å². The number of aromatic nitrogens is 2. The molecule has 0 aliphatic rings. The maximum absolute atomic E-state index is 11.6. The normalized spacial score (nSPS) is 12.6. The molecule has 0 spiro atoms. The summed E-state index contributed by atoms with van der Waals surface area (Å²) in [5, 5.41) is 9.96. The van der Waals surface area contributed by atoms with E-state index in [1.54, 1.807) is 18.2 Å². The smallest absolute Gasteiger partial charge is 0.337 e. The number of ether oxygens (including phenoxy) is 1. The van der Waals surface area contributed by atoms with E-state index in [0.29, 0.717) is 30.2 Å². The lowest BCUT2D eigenvalue weighted by Crippen LogP contribution is -2.18. The highest BCUT2D eigenvalue weighted by Gasteiger charge is 2.15. The van der Waals surface area contributed by atoms with Crippen molar-refractivity contribution in [2.24, 2.45) is 0 Å². The Bertz CT molecular complexity index is 642. The van der Waals surface area contributed by atoms with Crippen LogP contribution in [0.15, 0.2) is 18.2 Å². The van der Waals surface area contributed by atoms with Crippen LogP contribution < -0.4 is 0 Å². The van der Waals surface area contributed by atoms with E-state index in [2.05, 4.69) is 4.98 Å². The van der Waals surface area contributed by atoms with Crippen LogP contribution in [-0.2, 0) is 17.2 Å². The lowest BCUT2D eigenvalue weighted by atomic mass is 10.2. The first kappa shape index (κ1) is 16.1. The topological polar surface area (TPSA) is 64.3 Å². The molecule has 21 heavy (non-hydrogen) atoms. The van der Waals surface area contributed by atoms with Gasteiger partial charge in [-0.05, 0) is 24.6 Å². The summed E-state index contributed by atoms with van der Waals surface area (Å²) >= 11 is 11.6. The van der Waals surface area contributed by atoms with Gasteiger partial charge in [-0.2, -0.15) is 0 Å². The molecule has 1 N–H and O–H groups in total. The molecule has 0 fully saturated rings. The Kier molecular flexibility index (Phi) is 5.45. The van der Waals surface area contributed by atoms with Crippen LogP contribution in [0.1, 0.15) is 22.6 Å². The van der Waals surface area contributed by atoms with Gasteiger partial charge in [-0.15, -0.1) is 23.2 Å². The fourth-order valence-electron chi connectivity index (χ4n) is 2.15. The van der Waals surface area contributed by atoms with E-state index < -0.39 is 12.1 Å². The molecule has 2 rings (SSSR count). The second-order valence-corrected chi connectivity index (χ2v) is 5.24. The van der Waals surface area contributed by atoms with Gasteiger partial charge in [-0.1, -0.05) is 0 Å². The van der Waals surface area contributed by atoms with Gasteiger partial charge in [0.15, 0.2) is 0 Å². The summed E-state index contributed by atoms with van der Waals surface area (Å²) in [5.41, 5.74) is 1.89. The molecule has 0 amide bonds. The number of alkyl halides is 2. The molecule has 0 radical (unpaired) electrons. The van der Waals surface area contributed by atoms with E-state index in [0.717, 1.165) is 11.0 Å². The van der Waals surface area contributed by atoms with Crippen LogP contribution in [0.4, 0.5) is 0 Å². The van der Waals surface area contributed by atoms with E-state index in [-0.39, 0.29) is 5.88 Å². The molecule has 1 aromatic heterocycles. The predicted octanol–water partition coefficient (Wildman–Crippen LogP) is 2.55. The lowest BCUT2D eigenvalue weighted by Gasteiger charge is -2.13. The number of nitrogens with zero attached hydrogens (tertiary/aromatic N) is 2. The second kappa shape index (κ2) is 7.11. The zero-order chi connectivity index (χ0) is 15.4. The Morgan fingerprint density at radius 1 is 1.48 bits per heavy atom. The van der Waals surface area contributed by atoms with Gasteiger partial charge < -0.3 is 14.4 Å². The van der Waals surface area contributed by atoms with Crippen LogP contribution in [0.25, 0.3) is 11.0 Å². The zero-order valence-electron chi connectivity index (χ0n) is 11.6. The van der Waals surface area contributed by atoms with Gasteiger partial charge >= 0.3 is 5.97 Å². The first-order valence-electron chi connectivity index (χ1n) is 6.48. The first-order chi connectivity index (χ1) is 10.1. The van der Waals surface area contributed by atoms with Crippen LogP contribution >= 0.6 is 23.2 Å². The van der Waals surface area contributed by atoms with Gasteiger partial charge in [-0.3, -0.25) is 0 Å². The average molecular weight is 331 g/mol. The first-order valence-corrected chi connectivity index (χ1v) is 7.55. The minimum absolute atomic E-state index is 0.218. The van der Waals surface area contributed by atoms with Crippen LogP contribution in [0.5, 0.6) is 0 Å². The molecule has 0 aliphatic heterocycles. The van der Waals surface area contributed by atoms with E-state index in [9.17, 15) is 9.90 Å². The molecular weight excluding hydrogens is 315 g/mol. The summed E-state index contributed by atoms with van der Waals surface area (Å²) in [6.07, 6.45) is -0.122. The number of hydrogen-bond acceptors (Lipinski definition) is 4. The van der Waals surface area contributed by atoms with Crippen molar-refractivity contribution in [2.45, 2.75) is 24.9 Å². The summed E-state index contributed by atoms with van der Waals surface area (Å²) in [7, 11) is 1.33. The molecular formula is C14H16Cl2N2O3. The number of carbonyl (C=O) groups excluding carboxylic acids is 1. The number of rotatable bonds is 6. The van der Waals surface area contributed by atoms with Crippen molar-refractivity contribution in [1.29, 1.82) is 0 Å². The number of methoxy groups -OCH3 is 1. The summed E-state index contributed by atoms with van der Waals surface area (Å²) in [6, 6.07) is 5.08. The maximum atomic E-state index is 11.6. The monoisotopic (exact) mass is 330 g/mol. The highest BCUT2D eigenvalue weighted by atomic mass is 35.5. The number of fused-ring (bicyclic) bond motifs is 1. The van der Waals surface area contributed by atoms with Gasteiger partial charge in [0.2, 0.25) is 0 Å². The minimum atomic E-state index is -0.594. The molecule has 1 aromatic carbocycles. The number of aliphatic hydroxyl groups is 1. The van der Waals surface area contributed by atoms with Crippen molar-refractivity contribution in [3.63, 3.8) is 0 Å². The molecule has 114 valence electrons. The average Bonchev–Trinajstić information content (AvgIpc) is 2.83. The third-order valence-electron chi connectivity index (χ3n) is 3.20. The number of benzene rings is 1. The van der Waals surface area contributed by atoms with Crippen molar-refractivity contribution < 1.29 is 14.6 Å². The summed E-state index contributed by atoms with van der Waals surface area (Å²) < 4.78 is 6.53. The van der Waals surface area contributed by atoms with E-state index in [1.807, 2.05) is 4.57 Å². The van der Waals surface area contributed by atoms with Gasteiger partial charge in [0.1, 0.15) is 5.82 Å². The Hall–Kier alpha value is -1.30. The SMILES string of the molecule is COC(=O)c1ccc2nc(CCl)n(C[C@@H](O)CCCl)c2c1. The van der Waals surface area contributed by atoms with Gasteiger partial charge in [0.25, 0.3) is 0 Å². The molecule has 7 heteroatoms.